The van der Waals surface area contributed by atoms with Crippen molar-refractivity contribution in [3.8, 4) is 0 Å². The molecule has 0 spiro atoms. The van der Waals surface area contributed by atoms with Gasteiger partial charge < -0.3 is 4.74 Å². The molecule has 1 N–H and O–H groups in total. The standard InChI is InChI=1S/C26H35F3N2O3S/c1-18-13-21(25(3,4)5)14-19(2)24(18)35(32,33)30-23-16-20(15-22(17-23)26(27,28)29)7-6-8-31-9-11-34-12-10-31/h13-17,30H,6-12H2,1-5H3. The average molecular weight is 513 g/mol. The van der Waals surface area contributed by atoms with Gasteiger partial charge in [0.15, 0.2) is 0 Å². The number of sulfonamides is 1. The molecule has 0 radical (unpaired) electrons. The molecule has 0 saturated carbocycles. The largest absolute Gasteiger partial charge is 0.416 e. The first-order valence-corrected chi connectivity index (χ1v) is 13.3. The Kier molecular flexibility index (Phi) is 8.23. The molecule has 2 aromatic carbocycles. The zero-order chi connectivity index (χ0) is 26.0. The normalized spacial score (nSPS) is 15.9. The molecule has 1 aliphatic heterocycles. The van der Waals surface area contributed by atoms with Crippen LogP contribution in [0.3, 0.4) is 0 Å². The number of alkyl halides is 3. The summed E-state index contributed by atoms with van der Waals surface area (Å²) in [6, 6.07) is 7.11. The van der Waals surface area contributed by atoms with Crippen LogP contribution in [0.1, 0.15) is 55.0 Å². The van der Waals surface area contributed by atoms with Gasteiger partial charge in [-0.05, 0) is 79.1 Å². The molecule has 9 heteroatoms. The molecule has 1 fully saturated rings. The smallest absolute Gasteiger partial charge is 0.379 e. The highest BCUT2D eigenvalue weighted by atomic mass is 32.2. The summed E-state index contributed by atoms with van der Waals surface area (Å²) < 4.78 is 75.1. The van der Waals surface area contributed by atoms with Gasteiger partial charge in [-0.1, -0.05) is 32.9 Å². The Morgan fingerprint density at radius 1 is 0.943 bits per heavy atom. The lowest BCUT2D eigenvalue weighted by Gasteiger charge is -2.26. The fraction of sp³-hybridized carbons (Fsp3) is 0.538. The summed E-state index contributed by atoms with van der Waals surface area (Å²) in [5.74, 6) is 0. The third-order valence-corrected chi connectivity index (χ3v) is 7.90. The molecule has 194 valence electrons. The molecular weight excluding hydrogens is 477 g/mol. The van der Waals surface area contributed by atoms with Crippen molar-refractivity contribution in [3.05, 3.63) is 58.1 Å². The van der Waals surface area contributed by atoms with E-state index in [0.29, 0.717) is 42.7 Å². The highest BCUT2D eigenvalue weighted by Gasteiger charge is 2.32. The maximum absolute atomic E-state index is 13.6. The lowest BCUT2D eigenvalue weighted by atomic mass is 9.85. The zero-order valence-electron chi connectivity index (χ0n) is 21.1. The van der Waals surface area contributed by atoms with Gasteiger partial charge in [0, 0.05) is 18.8 Å². The predicted octanol–water partition coefficient (Wildman–Crippen LogP) is 5.69. The van der Waals surface area contributed by atoms with E-state index in [9.17, 15) is 21.6 Å². The van der Waals surface area contributed by atoms with E-state index in [4.69, 9.17) is 4.74 Å². The number of morpholine rings is 1. The minimum Gasteiger partial charge on any atom is -0.379 e. The van der Waals surface area contributed by atoms with Crippen LogP contribution in [0.5, 0.6) is 0 Å². The van der Waals surface area contributed by atoms with Crippen molar-refractivity contribution in [3.63, 3.8) is 0 Å². The Labute approximate surface area is 206 Å². The van der Waals surface area contributed by atoms with Gasteiger partial charge in [-0.3, -0.25) is 9.62 Å². The van der Waals surface area contributed by atoms with E-state index >= 15 is 0 Å². The maximum atomic E-state index is 13.6. The van der Waals surface area contributed by atoms with Crippen molar-refractivity contribution in [2.45, 2.75) is 63.9 Å². The van der Waals surface area contributed by atoms with E-state index in [2.05, 4.69) is 9.62 Å². The molecule has 2 aromatic rings. The maximum Gasteiger partial charge on any atom is 0.416 e. The first-order chi connectivity index (χ1) is 16.2. The lowest BCUT2D eigenvalue weighted by molar-refractivity contribution is -0.137. The Morgan fingerprint density at radius 3 is 2.09 bits per heavy atom. The predicted molar refractivity (Wildman–Crippen MR) is 132 cm³/mol. The molecule has 1 saturated heterocycles. The summed E-state index contributed by atoms with van der Waals surface area (Å²) in [5, 5.41) is 0. The first-order valence-electron chi connectivity index (χ1n) is 11.8. The van der Waals surface area contributed by atoms with Crippen molar-refractivity contribution in [2.75, 3.05) is 37.6 Å². The molecule has 0 unspecified atom stereocenters. The molecule has 35 heavy (non-hydrogen) atoms. The van der Waals surface area contributed by atoms with Gasteiger partial charge in [0.05, 0.1) is 23.7 Å². The van der Waals surface area contributed by atoms with Crippen molar-refractivity contribution in [1.82, 2.24) is 4.90 Å². The number of benzene rings is 2. The number of nitrogens with zero attached hydrogens (tertiary/aromatic N) is 1. The summed E-state index contributed by atoms with van der Waals surface area (Å²) in [6.07, 6.45) is -3.51. The van der Waals surface area contributed by atoms with Gasteiger partial charge in [-0.25, -0.2) is 8.42 Å². The molecule has 1 heterocycles. The second kappa shape index (κ2) is 10.5. The molecule has 5 nitrogen and oxygen atoms in total. The molecule has 0 amide bonds. The van der Waals surface area contributed by atoms with Crippen molar-refractivity contribution in [1.29, 1.82) is 0 Å². The summed E-state index contributed by atoms with van der Waals surface area (Å²) in [5.41, 5.74) is 1.44. The second-order valence-electron chi connectivity index (χ2n) is 10.3. The fourth-order valence-corrected chi connectivity index (χ4v) is 5.90. The van der Waals surface area contributed by atoms with Gasteiger partial charge in [-0.15, -0.1) is 0 Å². The van der Waals surface area contributed by atoms with Crippen LogP contribution in [0.4, 0.5) is 18.9 Å². The Hall–Kier alpha value is -2.10. The Balaban J connectivity index is 1.87. The monoisotopic (exact) mass is 512 g/mol. The first kappa shape index (κ1) is 27.5. The zero-order valence-corrected chi connectivity index (χ0v) is 21.9. The minimum atomic E-state index is -4.58. The van der Waals surface area contributed by atoms with Gasteiger partial charge in [0.25, 0.3) is 10.0 Å². The molecule has 3 rings (SSSR count). The van der Waals surface area contributed by atoms with Crippen LogP contribution >= 0.6 is 0 Å². The van der Waals surface area contributed by atoms with E-state index in [1.165, 1.54) is 6.07 Å². The SMILES string of the molecule is Cc1cc(C(C)(C)C)cc(C)c1S(=O)(=O)Nc1cc(CCCN2CCOCC2)cc(C(F)(F)F)c1. The fourth-order valence-electron chi connectivity index (χ4n) is 4.40. The number of hydrogen-bond donors (Lipinski definition) is 1. The number of hydrogen-bond acceptors (Lipinski definition) is 4. The summed E-state index contributed by atoms with van der Waals surface area (Å²) in [7, 11) is -4.09. The Morgan fingerprint density at radius 2 is 1.54 bits per heavy atom. The van der Waals surface area contributed by atoms with Crippen LogP contribution in [-0.2, 0) is 32.8 Å². The number of aryl methyl sites for hydroxylation is 3. The topological polar surface area (TPSA) is 58.6 Å². The highest BCUT2D eigenvalue weighted by Crippen LogP contribution is 2.34. The molecule has 1 aliphatic rings. The summed E-state index contributed by atoms with van der Waals surface area (Å²) in [6.45, 7) is 13.2. The van der Waals surface area contributed by atoms with E-state index in [-0.39, 0.29) is 16.0 Å². The molecule has 0 atom stereocenters. The van der Waals surface area contributed by atoms with E-state index in [0.717, 1.165) is 37.3 Å². The van der Waals surface area contributed by atoms with Gasteiger partial charge in [0.1, 0.15) is 0 Å². The summed E-state index contributed by atoms with van der Waals surface area (Å²) >= 11 is 0. The minimum absolute atomic E-state index is 0.0834. The Bertz CT molecular complexity index is 1130. The van der Waals surface area contributed by atoms with Crippen molar-refractivity contribution < 1.29 is 26.3 Å². The number of nitrogens with one attached hydrogen (secondary N) is 1. The van der Waals surface area contributed by atoms with Gasteiger partial charge >= 0.3 is 6.18 Å². The second-order valence-corrected chi connectivity index (χ2v) is 11.9. The number of anilines is 1. The van der Waals surface area contributed by atoms with Crippen LogP contribution < -0.4 is 4.72 Å². The molecular formula is C26H35F3N2O3S. The van der Waals surface area contributed by atoms with Crippen LogP contribution in [0.25, 0.3) is 0 Å². The number of halogens is 3. The third-order valence-electron chi connectivity index (χ3n) is 6.21. The molecule has 0 bridgehead atoms. The highest BCUT2D eigenvalue weighted by molar-refractivity contribution is 7.92. The average Bonchev–Trinajstić information content (AvgIpc) is 2.72. The van der Waals surface area contributed by atoms with Crippen molar-refractivity contribution >= 4 is 15.7 Å². The molecule has 0 aliphatic carbocycles. The summed E-state index contributed by atoms with van der Waals surface area (Å²) in [4.78, 5) is 2.31. The van der Waals surface area contributed by atoms with Crippen molar-refractivity contribution in [2.24, 2.45) is 0 Å². The van der Waals surface area contributed by atoms with Crippen LogP contribution in [0.15, 0.2) is 35.2 Å². The van der Waals surface area contributed by atoms with Crippen LogP contribution in [0, 0.1) is 13.8 Å². The van der Waals surface area contributed by atoms with Gasteiger partial charge in [0.2, 0.25) is 0 Å². The quantitative estimate of drug-likeness (QED) is 0.518. The number of ether oxygens (including phenoxy) is 1. The molecule has 0 aromatic heterocycles. The van der Waals surface area contributed by atoms with E-state index in [1.54, 1.807) is 13.8 Å². The van der Waals surface area contributed by atoms with E-state index in [1.807, 2.05) is 32.9 Å². The van der Waals surface area contributed by atoms with Crippen LogP contribution in [-0.4, -0.2) is 46.2 Å². The van der Waals surface area contributed by atoms with Gasteiger partial charge in [-0.2, -0.15) is 13.2 Å². The van der Waals surface area contributed by atoms with E-state index < -0.39 is 21.8 Å². The van der Waals surface area contributed by atoms with Crippen LogP contribution in [0.2, 0.25) is 0 Å². The number of rotatable bonds is 7. The lowest BCUT2D eigenvalue weighted by Crippen LogP contribution is -2.36. The third kappa shape index (κ3) is 7.21.